The molecule has 2 atom stereocenters. The predicted molar refractivity (Wildman–Crippen MR) is 73.1 cm³/mol. The summed E-state index contributed by atoms with van der Waals surface area (Å²) in [6.07, 6.45) is -0.764. The molecule has 0 bridgehead atoms. The lowest BCUT2D eigenvalue weighted by atomic mass is 9.98. The van der Waals surface area contributed by atoms with E-state index in [0.29, 0.717) is 0 Å². The van der Waals surface area contributed by atoms with Gasteiger partial charge in [0.15, 0.2) is 0 Å². The normalized spacial score (nSPS) is 14.7. The van der Waals surface area contributed by atoms with Gasteiger partial charge in [-0.05, 0) is 12.1 Å². The van der Waals surface area contributed by atoms with Crippen molar-refractivity contribution in [1.29, 1.82) is 0 Å². The highest BCUT2D eigenvalue weighted by molar-refractivity contribution is 5.80. The zero-order valence-corrected chi connectivity index (χ0v) is 11.3. The van der Waals surface area contributed by atoms with Crippen LogP contribution >= 0.6 is 0 Å². The summed E-state index contributed by atoms with van der Waals surface area (Å²) in [6, 6.07) is 6.37. The van der Waals surface area contributed by atoms with Gasteiger partial charge in [0.1, 0.15) is 6.42 Å². The zero-order chi connectivity index (χ0) is 16.0. The van der Waals surface area contributed by atoms with Crippen LogP contribution in [0.3, 0.4) is 0 Å². The van der Waals surface area contributed by atoms with Crippen LogP contribution in [0, 0.1) is 20.2 Å². The van der Waals surface area contributed by atoms with Gasteiger partial charge >= 0.3 is 11.6 Å². The van der Waals surface area contributed by atoms with Crippen LogP contribution in [0.2, 0.25) is 0 Å². The fourth-order valence-electron chi connectivity index (χ4n) is 1.86. The molecule has 114 valence electrons. The van der Waals surface area contributed by atoms with E-state index in [9.17, 15) is 30.1 Å². The van der Waals surface area contributed by atoms with Crippen LogP contribution in [0.4, 0.5) is 5.69 Å². The summed E-state index contributed by atoms with van der Waals surface area (Å²) in [5.41, 5.74) is -2.44. The SMILES string of the molecule is CCC(CC(Nc1ccccc1)(C(=O)O)[N+](=O)[O-])[N+](=O)[O-]. The van der Waals surface area contributed by atoms with Crippen molar-refractivity contribution in [1.82, 2.24) is 0 Å². The van der Waals surface area contributed by atoms with Crippen LogP contribution in [0.1, 0.15) is 19.8 Å². The summed E-state index contributed by atoms with van der Waals surface area (Å²) >= 11 is 0. The molecule has 2 N–H and O–H groups in total. The zero-order valence-electron chi connectivity index (χ0n) is 11.3. The van der Waals surface area contributed by atoms with Gasteiger partial charge in [-0.25, -0.2) is 4.79 Å². The van der Waals surface area contributed by atoms with Crippen molar-refractivity contribution in [3.8, 4) is 0 Å². The minimum absolute atomic E-state index is 0.00760. The molecule has 0 aromatic heterocycles. The first kappa shape index (κ1) is 16.3. The quantitative estimate of drug-likeness (QED) is 0.422. The lowest BCUT2D eigenvalue weighted by Crippen LogP contribution is -2.56. The number of benzene rings is 1. The summed E-state index contributed by atoms with van der Waals surface area (Å²) in [5, 5.41) is 33.7. The van der Waals surface area contributed by atoms with Crippen molar-refractivity contribution in [3.05, 3.63) is 50.6 Å². The van der Waals surface area contributed by atoms with Crippen LogP contribution in [0.15, 0.2) is 30.3 Å². The van der Waals surface area contributed by atoms with Crippen LogP contribution in [-0.4, -0.2) is 32.6 Å². The molecule has 0 aliphatic carbocycles. The highest BCUT2D eigenvalue weighted by atomic mass is 16.6. The minimum atomic E-state index is -2.64. The van der Waals surface area contributed by atoms with E-state index in [1.165, 1.54) is 19.1 Å². The first-order valence-electron chi connectivity index (χ1n) is 6.18. The Kier molecular flexibility index (Phi) is 5.17. The standard InChI is InChI=1S/C12H15N3O6/c1-2-10(14(18)19)8-12(11(16)17,15(20)21)13-9-6-4-3-5-7-9/h3-7,10,13H,2,8H2,1H3,(H,16,17). The van der Waals surface area contributed by atoms with Gasteiger partial charge in [-0.2, -0.15) is 0 Å². The number of rotatable bonds is 8. The van der Waals surface area contributed by atoms with Crippen molar-refractivity contribution in [2.24, 2.45) is 0 Å². The van der Waals surface area contributed by atoms with Crippen LogP contribution in [0.5, 0.6) is 0 Å². The third kappa shape index (κ3) is 3.65. The number of para-hydroxylation sites is 1. The summed E-state index contributed by atoms with van der Waals surface area (Å²) in [6.45, 7) is 1.47. The molecule has 2 unspecified atom stereocenters. The monoisotopic (exact) mass is 297 g/mol. The van der Waals surface area contributed by atoms with Gasteiger partial charge in [0.25, 0.3) is 0 Å². The first-order valence-corrected chi connectivity index (χ1v) is 6.18. The van der Waals surface area contributed by atoms with Gasteiger partial charge in [0, 0.05) is 17.0 Å². The Morgan fingerprint density at radius 1 is 1.33 bits per heavy atom. The Labute approximate surface area is 119 Å². The van der Waals surface area contributed by atoms with Crippen molar-refractivity contribution in [3.63, 3.8) is 0 Å². The molecular weight excluding hydrogens is 282 g/mol. The Balaban J connectivity index is 3.19. The fourth-order valence-corrected chi connectivity index (χ4v) is 1.86. The molecule has 9 heteroatoms. The molecule has 1 aromatic rings. The number of hydrogen-bond acceptors (Lipinski definition) is 6. The maximum absolute atomic E-state index is 11.4. The maximum atomic E-state index is 11.4. The van der Waals surface area contributed by atoms with Gasteiger partial charge < -0.3 is 10.4 Å². The average Bonchev–Trinajstić information content (AvgIpc) is 2.43. The molecular formula is C12H15N3O6. The van der Waals surface area contributed by atoms with Crippen LogP contribution in [-0.2, 0) is 4.79 Å². The van der Waals surface area contributed by atoms with Gasteiger partial charge in [-0.1, -0.05) is 25.1 Å². The molecule has 0 saturated carbocycles. The van der Waals surface area contributed by atoms with E-state index in [1.807, 2.05) is 0 Å². The molecule has 0 spiro atoms. The highest BCUT2D eigenvalue weighted by Crippen LogP contribution is 2.24. The summed E-state index contributed by atoms with van der Waals surface area (Å²) in [7, 11) is 0. The van der Waals surface area contributed by atoms with Gasteiger partial charge in [0.05, 0.1) is 4.92 Å². The molecule has 0 fully saturated rings. The average molecular weight is 297 g/mol. The van der Waals surface area contributed by atoms with Crippen LogP contribution in [0.25, 0.3) is 0 Å². The van der Waals surface area contributed by atoms with Crippen molar-refractivity contribution >= 4 is 11.7 Å². The number of carboxylic acids is 1. The number of nitro groups is 2. The van der Waals surface area contributed by atoms with Gasteiger partial charge in [-0.15, -0.1) is 0 Å². The fraction of sp³-hybridized carbons (Fsp3) is 0.417. The number of aliphatic carboxylic acids is 1. The topological polar surface area (TPSA) is 136 Å². The van der Waals surface area contributed by atoms with Crippen molar-refractivity contribution in [2.45, 2.75) is 31.5 Å². The second-order valence-electron chi connectivity index (χ2n) is 4.47. The molecule has 1 aromatic carbocycles. The van der Waals surface area contributed by atoms with Gasteiger partial charge in [0.2, 0.25) is 6.04 Å². The van der Waals surface area contributed by atoms with E-state index >= 15 is 0 Å². The molecule has 0 saturated heterocycles. The van der Waals surface area contributed by atoms with Crippen LogP contribution < -0.4 is 5.32 Å². The smallest absolute Gasteiger partial charge is 0.405 e. The second-order valence-corrected chi connectivity index (χ2v) is 4.47. The Bertz CT molecular complexity index is 519. The molecule has 0 amide bonds. The number of carboxylic acid groups (broad SMARTS) is 1. The number of nitrogens with zero attached hydrogens (tertiary/aromatic N) is 2. The van der Waals surface area contributed by atoms with Gasteiger partial charge in [-0.3, -0.25) is 20.2 Å². The Hall–Kier alpha value is -2.71. The minimum Gasteiger partial charge on any atom is -0.474 e. The van der Waals surface area contributed by atoms with E-state index in [-0.39, 0.29) is 12.1 Å². The van der Waals surface area contributed by atoms with E-state index in [0.717, 1.165) is 0 Å². The van der Waals surface area contributed by atoms with E-state index in [4.69, 9.17) is 0 Å². The third-order valence-electron chi connectivity index (χ3n) is 3.09. The maximum Gasteiger partial charge on any atom is 0.405 e. The largest absolute Gasteiger partial charge is 0.474 e. The lowest BCUT2D eigenvalue weighted by Gasteiger charge is -2.24. The molecule has 1 rings (SSSR count). The molecule has 0 aliphatic heterocycles. The summed E-state index contributed by atoms with van der Waals surface area (Å²) in [5.74, 6) is -1.77. The highest BCUT2D eigenvalue weighted by Gasteiger charge is 2.55. The molecule has 0 radical (unpaired) electrons. The summed E-state index contributed by atoms with van der Waals surface area (Å²) in [4.78, 5) is 31.8. The van der Waals surface area contributed by atoms with E-state index < -0.39 is 33.9 Å². The number of hydrogen-bond donors (Lipinski definition) is 2. The summed E-state index contributed by atoms with van der Waals surface area (Å²) < 4.78 is 0. The molecule has 0 heterocycles. The van der Waals surface area contributed by atoms with E-state index in [1.54, 1.807) is 18.2 Å². The molecule has 9 nitrogen and oxygen atoms in total. The van der Waals surface area contributed by atoms with E-state index in [2.05, 4.69) is 5.32 Å². The Morgan fingerprint density at radius 2 is 1.90 bits per heavy atom. The first-order chi connectivity index (χ1) is 9.83. The lowest BCUT2D eigenvalue weighted by molar-refractivity contribution is -0.576. The second kappa shape index (κ2) is 6.64. The number of anilines is 1. The predicted octanol–water partition coefficient (Wildman–Crippen LogP) is 1.60. The molecule has 21 heavy (non-hydrogen) atoms. The van der Waals surface area contributed by atoms with Crippen molar-refractivity contribution < 1.29 is 19.7 Å². The third-order valence-corrected chi connectivity index (χ3v) is 3.09. The number of carbonyl (C=O) groups is 1. The Morgan fingerprint density at radius 3 is 2.29 bits per heavy atom. The van der Waals surface area contributed by atoms with Crippen molar-refractivity contribution in [2.75, 3.05) is 5.32 Å². The number of nitrogens with one attached hydrogen (secondary N) is 1. The molecule has 0 aliphatic rings.